The van der Waals surface area contributed by atoms with Gasteiger partial charge in [-0.15, -0.1) is 0 Å². The van der Waals surface area contributed by atoms with Crippen LogP contribution >= 0.6 is 0 Å². The normalized spacial score (nSPS) is 21.3. The molecule has 0 saturated carbocycles. The van der Waals surface area contributed by atoms with Crippen molar-refractivity contribution < 1.29 is 8.42 Å². The summed E-state index contributed by atoms with van der Waals surface area (Å²) in [5.74, 6) is 0.259. The number of rotatable bonds is 4. The molecule has 1 aromatic rings. The Labute approximate surface area is 110 Å². The molecular weight excluding hydrogens is 246 g/mol. The van der Waals surface area contributed by atoms with E-state index in [1.807, 2.05) is 19.1 Å². The van der Waals surface area contributed by atoms with Crippen molar-refractivity contribution in [2.75, 3.05) is 12.3 Å². The average molecular weight is 267 g/mol. The van der Waals surface area contributed by atoms with Gasteiger partial charge in [0.25, 0.3) is 0 Å². The van der Waals surface area contributed by atoms with Crippen LogP contribution in [-0.4, -0.2) is 25.0 Å². The van der Waals surface area contributed by atoms with Crippen LogP contribution in [0.25, 0.3) is 0 Å². The number of benzene rings is 1. The molecule has 1 aliphatic heterocycles. The number of aryl methyl sites for hydroxylation is 1. The first kappa shape index (κ1) is 13.6. The Morgan fingerprint density at radius 2 is 2.06 bits per heavy atom. The van der Waals surface area contributed by atoms with Gasteiger partial charge >= 0.3 is 0 Å². The molecule has 1 saturated heterocycles. The fourth-order valence-corrected chi connectivity index (χ4v) is 4.48. The lowest BCUT2D eigenvalue weighted by Crippen LogP contribution is -2.32. The highest BCUT2D eigenvalue weighted by atomic mass is 32.2. The first-order valence-electron chi connectivity index (χ1n) is 6.61. The van der Waals surface area contributed by atoms with Crippen LogP contribution in [-0.2, 0) is 10.0 Å². The lowest BCUT2D eigenvalue weighted by Gasteiger charge is -2.25. The molecule has 4 heteroatoms. The molecule has 1 atom stereocenters. The molecule has 2 rings (SSSR count). The van der Waals surface area contributed by atoms with Gasteiger partial charge in [0.15, 0.2) is 0 Å². The maximum Gasteiger partial charge on any atom is 0.214 e. The van der Waals surface area contributed by atoms with Gasteiger partial charge in [-0.25, -0.2) is 8.42 Å². The zero-order chi connectivity index (χ0) is 13.2. The Kier molecular flexibility index (Phi) is 4.07. The highest BCUT2D eigenvalue weighted by Gasteiger charge is 2.34. The van der Waals surface area contributed by atoms with Gasteiger partial charge in [-0.05, 0) is 37.3 Å². The van der Waals surface area contributed by atoms with Crippen molar-refractivity contribution in [2.24, 2.45) is 0 Å². The van der Waals surface area contributed by atoms with Crippen LogP contribution in [0.15, 0.2) is 24.3 Å². The van der Waals surface area contributed by atoms with Crippen LogP contribution in [0.4, 0.5) is 0 Å². The monoisotopic (exact) mass is 267 g/mol. The van der Waals surface area contributed by atoms with Crippen LogP contribution in [0.3, 0.4) is 0 Å². The predicted octanol–water partition coefficient (Wildman–Crippen LogP) is 2.87. The maximum absolute atomic E-state index is 12.3. The van der Waals surface area contributed by atoms with E-state index in [1.54, 1.807) is 4.31 Å². The minimum absolute atomic E-state index is 0.0442. The summed E-state index contributed by atoms with van der Waals surface area (Å²) in [5, 5.41) is 0. The molecule has 1 aliphatic rings. The molecule has 0 bridgehead atoms. The van der Waals surface area contributed by atoms with Crippen LogP contribution in [0, 0.1) is 6.92 Å². The Morgan fingerprint density at radius 1 is 1.33 bits per heavy atom. The summed E-state index contributed by atoms with van der Waals surface area (Å²) < 4.78 is 26.2. The fraction of sp³-hybridized carbons (Fsp3) is 0.571. The van der Waals surface area contributed by atoms with Crippen LogP contribution < -0.4 is 0 Å². The summed E-state index contributed by atoms with van der Waals surface area (Å²) in [6.07, 6.45) is 2.58. The maximum atomic E-state index is 12.3. The fourth-order valence-electron chi connectivity index (χ4n) is 2.72. The van der Waals surface area contributed by atoms with Gasteiger partial charge in [0.05, 0.1) is 5.75 Å². The zero-order valence-corrected chi connectivity index (χ0v) is 11.9. The van der Waals surface area contributed by atoms with E-state index in [-0.39, 0.29) is 11.8 Å². The Balaban J connectivity index is 2.31. The van der Waals surface area contributed by atoms with E-state index in [1.165, 1.54) is 5.56 Å². The van der Waals surface area contributed by atoms with Crippen molar-refractivity contribution in [3.63, 3.8) is 0 Å². The standard InChI is InChI=1S/C14H21NO2S/c1-3-11-18(16,17)15-10-6-9-14(15)13-8-5-4-7-12(13)2/h4-5,7-8,14H,3,6,9-11H2,1-2H3. The van der Waals surface area contributed by atoms with Gasteiger partial charge in [-0.2, -0.15) is 4.31 Å². The lowest BCUT2D eigenvalue weighted by molar-refractivity contribution is 0.395. The van der Waals surface area contributed by atoms with Crippen molar-refractivity contribution in [2.45, 2.75) is 39.2 Å². The van der Waals surface area contributed by atoms with E-state index in [4.69, 9.17) is 0 Å². The molecule has 0 N–H and O–H groups in total. The number of hydrogen-bond donors (Lipinski definition) is 0. The van der Waals surface area contributed by atoms with Gasteiger partial charge in [-0.3, -0.25) is 0 Å². The van der Waals surface area contributed by atoms with Gasteiger partial charge in [0, 0.05) is 12.6 Å². The van der Waals surface area contributed by atoms with Gasteiger partial charge < -0.3 is 0 Å². The lowest BCUT2D eigenvalue weighted by atomic mass is 10.0. The van der Waals surface area contributed by atoms with E-state index in [2.05, 4.69) is 19.1 Å². The predicted molar refractivity (Wildman–Crippen MR) is 73.9 cm³/mol. The van der Waals surface area contributed by atoms with Crippen molar-refractivity contribution in [1.82, 2.24) is 4.31 Å². The molecular formula is C14H21NO2S. The molecule has 1 unspecified atom stereocenters. The molecule has 3 nitrogen and oxygen atoms in total. The summed E-state index contributed by atoms with van der Waals surface area (Å²) in [5.41, 5.74) is 2.34. The van der Waals surface area contributed by atoms with E-state index in [9.17, 15) is 8.42 Å². The molecule has 0 spiro atoms. The first-order chi connectivity index (χ1) is 8.56. The van der Waals surface area contributed by atoms with Gasteiger partial charge in [-0.1, -0.05) is 31.2 Å². The van der Waals surface area contributed by atoms with Crippen molar-refractivity contribution >= 4 is 10.0 Å². The largest absolute Gasteiger partial charge is 0.214 e. The Hall–Kier alpha value is -0.870. The van der Waals surface area contributed by atoms with E-state index < -0.39 is 10.0 Å². The van der Waals surface area contributed by atoms with E-state index in [0.717, 1.165) is 18.4 Å². The summed E-state index contributed by atoms with van der Waals surface area (Å²) in [7, 11) is -3.09. The molecule has 1 fully saturated rings. The molecule has 1 aromatic carbocycles. The average Bonchev–Trinajstić information content (AvgIpc) is 2.79. The third kappa shape index (κ3) is 2.59. The highest BCUT2D eigenvalue weighted by molar-refractivity contribution is 7.89. The molecule has 18 heavy (non-hydrogen) atoms. The summed E-state index contributed by atoms with van der Waals surface area (Å²) in [4.78, 5) is 0. The van der Waals surface area contributed by atoms with Crippen LogP contribution in [0.2, 0.25) is 0 Å². The third-order valence-corrected chi connectivity index (χ3v) is 5.65. The minimum atomic E-state index is -3.09. The Morgan fingerprint density at radius 3 is 2.72 bits per heavy atom. The second kappa shape index (κ2) is 5.41. The number of hydrogen-bond acceptors (Lipinski definition) is 2. The van der Waals surface area contributed by atoms with Gasteiger partial charge in [0.1, 0.15) is 0 Å². The first-order valence-corrected chi connectivity index (χ1v) is 8.22. The second-order valence-electron chi connectivity index (χ2n) is 4.94. The van der Waals surface area contributed by atoms with E-state index in [0.29, 0.717) is 13.0 Å². The molecule has 1 heterocycles. The quantitative estimate of drug-likeness (QED) is 0.841. The SMILES string of the molecule is CCCS(=O)(=O)N1CCCC1c1ccccc1C. The summed E-state index contributed by atoms with van der Waals surface area (Å²) >= 11 is 0. The molecule has 100 valence electrons. The van der Waals surface area contributed by atoms with Crippen molar-refractivity contribution in [1.29, 1.82) is 0 Å². The third-order valence-electron chi connectivity index (χ3n) is 3.57. The Bertz CT molecular complexity index is 510. The minimum Gasteiger partial charge on any atom is -0.212 e. The smallest absolute Gasteiger partial charge is 0.212 e. The van der Waals surface area contributed by atoms with Crippen LogP contribution in [0.5, 0.6) is 0 Å². The van der Waals surface area contributed by atoms with Gasteiger partial charge in [0.2, 0.25) is 10.0 Å². The van der Waals surface area contributed by atoms with Crippen molar-refractivity contribution in [3.8, 4) is 0 Å². The molecule has 0 radical (unpaired) electrons. The topological polar surface area (TPSA) is 37.4 Å². The zero-order valence-electron chi connectivity index (χ0n) is 11.1. The molecule has 0 aromatic heterocycles. The highest BCUT2D eigenvalue weighted by Crippen LogP contribution is 2.35. The molecule has 0 aliphatic carbocycles. The number of nitrogens with zero attached hydrogens (tertiary/aromatic N) is 1. The summed E-state index contributed by atoms with van der Waals surface area (Å²) in [6.45, 7) is 4.63. The second-order valence-corrected chi connectivity index (χ2v) is 6.98. The van der Waals surface area contributed by atoms with Crippen LogP contribution in [0.1, 0.15) is 43.4 Å². The number of sulfonamides is 1. The molecule has 0 amide bonds. The van der Waals surface area contributed by atoms with Crippen molar-refractivity contribution in [3.05, 3.63) is 35.4 Å². The van der Waals surface area contributed by atoms with E-state index >= 15 is 0 Å². The summed E-state index contributed by atoms with van der Waals surface area (Å²) in [6, 6.07) is 8.14.